The van der Waals surface area contributed by atoms with Crippen molar-refractivity contribution in [3.8, 4) is 0 Å². The summed E-state index contributed by atoms with van der Waals surface area (Å²) in [4.78, 5) is 24.3. The molecule has 17 heavy (non-hydrogen) atoms. The lowest BCUT2D eigenvalue weighted by molar-refractivity contribution is 0.0911. The van der Waals surface area contributed by atoms with E-state index >= 15 is 0 Å². The highest BCUT2D eigenvalue weighted by Gasteiger charge is 2.32. The monoisotopic (exact) mass is 265 g/mol. The molecule has 0 spiro atoms. The Morgan fingerprint density at radius 1 is 1.00 bits per heavy atom. The molecule has 84 valence electrons. The van der Waals surface area contributed by atoms with Crippen molar-refractivity contribution in [1.82, 2.24) is 4.57 Å². The van der Waals surface area contributed by atoms with Crippen molar-refractivity contribution >= 4 is 34.9 Å². The number of carbonyl (C=O) groups is 2. The van der Waals surface area contributed by atoms with Gasteiger partial charge in [0.15, 0.2) is 0 Å². The van der Waals surface area contributed by atoms with Crippen LogP contribution in [0.5, 0.6) is 0 Å². The summed E-state index contributed by atoms with van der Waals surface area (Å²) in [5, 5.41) is 0.283. The Morgan fingerprint density at radius 2 is 1.65 bits per heavy atom. The molecule has 5 heteroatoms. The molecule has 3 rings (SSSR count). The maximum Gasteiger partial charge on any atom is 0.264 e. The smallest absolute Gasteiger partial charge is 0.264 e. The Balaban J connectivity index is 2.37. The van der Waals surface area contributed by atoms with E-state index in [2.05, 4.69) is 0 Å². The lowest BCUT2D eigenvalue weighted by Gasteiger charge is -2.16. The molecule has 0 fully saturated rings. The van der Waals surface area contributed by atoms with Gasteiger partial charge in [-0.05, 0) is 12.1 Å². The van der Waals surface area contributed by atoms with Crippen molar-refractivity contribution in [3.63, 3.8) is 0 Å². The van der Waals surface area contributed by atoms with Crippen molar-refractivity contribution in [2.75, 3.05) is 0 Å². The fourth-order valence-corrected chi connectivity index (χ4v) is 2.36. The zero-order valence-electron chi connectivity index (χ0n) is 8.41. The van der Waals surface area contributed by atoms with Gasteiger partial charge in [-0.15, -0.1) is 0 Å². The fourth-order valence-electron chi connectivity index (χ4n) is 1.95. The lowest BCUT2D eigenvalue weighted by atomic mass is 9.98. The molecular formula is C12H5Cl2NO2. The predicted molar refractivity (Wildman–Crippen MR) is 64.1 cm³/mol. The van der Waals surface area contributed by atoms with E-state index in [0.29, 0.717) is 11.1 Å². The number of nitrogens with zero attached hydrogens (tertiary/aromatic N) is 1. The second kappa shape index (κ2) is 3.45. The van der Waals surface area contributed by atoms with Crippen LogP contribution < -0.4 is 0 Å². The Labute approximate surface area is 107 Å². The highest BCUT2D eigenvalue weighted by molar-refractivity contribution is 6.43. The van der Waals surface area contributed by atoms with E-state index < -0.39 is 0 Å². The van der Waals surface area contributed by atoms with Crippen LogP contribution in [0.3, 0.4) is 0 Å². The van der Waals surface area contributed by atoms with E-state index in [1.165, 1.54) is 6.07 Å². The molecule has 0 atom stereocenters. The fraction of sp³-hybridized carbons (Fsp3) is 0. The molecular weight excluding hydrogens is 261 g/mol. The molecule has 1 aliphatic rings. The second-order valence-corrected chi connectivity index (χ2v) is 4.45. The van der Waals surface area contributed by atoms with Crippen molar-refractivity contribution in [2.45, 2.75) is 0 Å². The molecule has 0 aliphatic carbocycles. The van der Waals surface area contributed by atoms with Crippen molar-refractivity contribution in [1.29, 1.82) is 0 Å². The Hall–Kier alpha value is -1.58. The van der Waals surface area contributed by atoms with Gasteiger partial charge in [0, 0.05) is 5.56 Å². The molecule has 0 amide bonds. The summed E-state index contributed by atoms with van der Waals surface area (Å²) in [6, 6.07) is 8.05. The first-order valence-corrected chi connectivity index (χ1v) is 5.62. The van der Waals surface area contributed by atoms with Crippen LogP contribution in [0.15, 0.2) is 30.3 Å². The number of aromatic nitrogens is 1. The Morgan fingerprint density at radius 3 is 2.35 bits per heavy atom. The SMILES string of the molecule is O=C1c2ccccc2C(=O)n2c1cc(Cl)c2Cl. The molecule has 1 aromatic heterocycles. The third-order valence-electron chi connectivity index (χ3n) is 2.74. The van der Waals surface area contributed by atoms with Gasteiger partial charge in [-0.1, -0.05) is 41.4 Å². The highest BCUT2D eigenvalue weighted by atomic mass is 35.5. The minimum Gasteiger partial charge on any atom is -0.287 e. The van der Waals surface area contributed by atoms with Gasteiger partial charge in [-0.2, -0.15) is 0 Å². The molecule has 2 heterocycles. The first-order valence-electron chi connectivity index (χ1n) is 4.86. The maximum absolute atomic E-state index is 12.2. The van der Waals surface area contributed by atoms with Crippen LogP contribution in [0.1, 0.15) is 26.4 Å². The standard InChI is InChI=1S/C12H5Cl2NO2/c13-8-5-9-10(16)6-3-1-2-4-7(6)12(17)15(9)11(8)14/h1-5H. The molecule has 3 nitrogen and oxygen atoms in total. The van der Waals surface area contributed by atoms with Gasteiger partial charge in [-0.25, -0.2) is 0 Å². The van der Waals surface area contributed by atoms with Crippen molar-refractivity contribution in [3.05, 3.63) is 57.3 Å². The maximum atomic E-state index is 12.2. The van der Waals surface area contributed by atoms with Crippen LogP contribution in [-0.4, -0.2) is 16.3 Å². The van der Waals surface area contributed by atoms with Crippen LogP contribution in [0.25, 0.3) is 0 Å². The van der Waals surface area contributed by atoms with Crippen LogP contribution >= 0.6 is 23.2 Å². The first kappa shape index (κ1) is 10.6. The Bertz CT molecular complexity index is 673. The summed E-state index contributed by atoms with van der Waals surface area (Å²) >= 11 is 11.7. The molecule has 0 bridgehead atoms. The van der Waals surface area contributed by atoms with Gasteiger partial charge in [0.1, 0.15) is 5.15 Å². The van der Waals surface area contributed by atoms with Gasteiger partial charge >= 0.3 is 0 Å². The average molecular weight is 266 g/mol. The van der Waals surface area contributed by atoms with Crippen molar-refractivity contribution < 1.29 is 9.59 Å². The van der Waals surface area contributed by atoms with Gasteiger partial charge in [0.2, 0.25) is 5.78 Å². The number of rotatable bonds is 0. The summed E-state index contributed by atoms with van der Waals surface area (Å²) < 4.78 is 1.15. The Kier molecular flexibility index (Phi) is 2.15. The van der Waals surface area contributed by atoms with Gasteiger partial charge in [-0.3, -0.25) is 14.2 Å². The molecule has 0 saturated heterocycles. The summed E-state index contributed by atoms with van der Waals surface area (Å²) in [7, 11) is 0. The molecule has 0 N–H and O–H groups in total. The minimum atomic E-state index is -0.327. The lowest BCUT2D eigenvalue weighted by Crippen LogP contribution is -2.26. The van der Waals surface area contributed by atoms with E-state index in [-0.39, 0.29) is 27.6 Å². The van der Waals surface area contributed by atoms with Crippen LogP contribution in [0.4, 0.5) is 0 Å². The van der Waals surface area contributed by atoms with Crippen LogP contribution in [0, 0.1) is 0 Å². The zero-order valence-corrected chi connectivity index (χ0v) is 9.92. The topological polar surface area (TPSA) is 39.1 Å². The minimum absolute atomic E-state index is 0.0783. The number of hydrogen-bond donors (Lipinski definition) is 0. The number of benzene rings is 1. The molecule has 0 radical (unpaired) electrons. The number of ketones is 1. The first-order chi connectivity index (χ1) is 8.11. The molecule has 1 aliphatic heterocycles. The third-order valence-corrected chi connectivity index (χ3v) is 3.49. The quantitative estimate of drug-likeness (QED) is 0.627. The van der Waals surface area contributed by atoms with Crippen LogP contribution in [-0.2, 0) is 0 Å². The average Bonchev–Trinajstić information content (AvgIpc) is 2.64. The van der Waals surface area contributed by atoms with E-state index in [1.807, 2.05) is 0 Å². The highest BCUT2D eigenvalue weighted by Crippen LogP contribution is 2.32. The molecule has 2 aromatic rings. The zero-order chi connectivity index (χ0) is 12.2. The van der Waals surface area contributed by atoms with Crippen LogP contribution in [0.2, 0.25) is 10.2 Å². The van der Waals surface area contributed by atoms with Gasteiger partial charge < -0.3 is 0 Å². The normalized spacial score (nSPS) is 13.5. The van der Waals surface area contributed by atoms with E-state index in [1.54, 1.807) is 24.3 Å². The number of carbonyl (C=O) groups excluding carboxylic acids is 2. The molecule has 1 aromatic carbocycles. The largest absolute Gasteiger partial charge is 0.287 e. The predicted octanol–water partition coefficient (Wildman–Crippen LogP) is 3.03. The van der Waals surface area contributed by atoms with E-state index in [0.717, 1.165) is 4.57 Å². The molecule has 0 saturated carbocycles. The summed E-state index contributed by atoms with van der Waals surface area (Å²) in [6.07, 6.45) is 0. The van der Waals surface area contributed by atoms with Gasteiger partial charge in [0.05, 0.1) is 16.3 Å². The van der Waals surface area contributed by atoms with Crippen molar-refractivity contribution in [2.24, 2.45) is 0 Å². The third kappa shape index (κ3) is 1.30. The summed E-state index contributed by atoms with van der Waals surface area (Å²) in [5.41, 5.74) is 0.943. The molecule has 0 unspecified atom stereocenters. The summed E-state index contributed by atoms with van der Waals surface area (Å²) in [6.45, 7) is 0. The number of hydrogen-bond acceptors (Lipinski definition) is 2. The second-order valence-electron chi connectivity index (χ2n) is 3.68. The van der Waals surface area contributed by atoms with Gasteiger partial charge in [0.25, 0.3) is 5.91 Å². The van der Waals surface area contributed by atoms with E-state index in [4.69, 9.17) is 23.2 Å². The number of halogens is 2. The summed E-state index contributed by atoms with van der Waals surface area (Å²) in [5.74, 6) is -0.568. The number of fused-ring (bicyclic) bond motifs is 2. The van der Waals surface area contributed by atoms with E-state index in [9.17, 15) is 9.59 Å².